The average Bonchev–Trinajstić information content (AvgIpc) is 2.36. The molecule has 1 heterocycles. The van der Waals surface area contributed by atoms with E-state index >= 15 is 0 Å². The molecule has 1 aliphatic heterocycles. The molecule has 1 fully saturated rings. The maximum atomic E-state index is 10.0. The van der Waals surface area contributed by atoms with Gasteiger partial charge in [0, 0.05) is 13.1 Å². The van der Waals surface area contributed by atoms with Gasteiger partial charge in [-0.25, -0.2) is 0 Å². The molecule has 2 unspecified atom stereocenters. The number of nitrogens with two attached hydrogens (primary N) is 1. The summed E-state index contributed by atoms with van der Waals surface area (Å²) in [5.41, 5.74) is 5.35. The molecule has 1 saturated heterocycles. The minimum absolute atomic E-state index is 0.454. The Hall–Kier alpha value is -0.120. The van der Waals surface area contributed by atoms with Crippen LogP contribution in [0.1, 0.15) is 40.0 Å². The summed E-state index contributed by atoms with van der Waals surface area (Å²) < 4.78 is 0. The molecule has 1 rings (SSSR count). The monoisotopic (exact) mass is 228 g/mol. The van der Waals surface area contributed by atoms with Gasteiger partial charge in [0.2, 0.25) is 0 Å². The van der Waals surface area contributed by atoms with Crippen LogP contribution in [0, 0.1) is 11.8 Å². The first-order valence-electron chi connectivity index (χ1n) is 6.59. The van der Waals surface area contributed by atoms with Gasteiger partial charge in [-0.3, -0.25) is 0 Å². The number of aliphatic hydroxyl groups is 1. The van der Waals surface area contributed by atoms with Gasteiger partial charge in [-0.05, 0) is 51.1 Å². The highest BCUT2D eigenvalue weighted by Crippen LogP contribution is 2.22. The summed E-state index contributed by atoms with van der Waals surface area (Å²) in [6.45, 7) is 10.4. The number of hydrogen-bond donors (Lipinski definition) is 2. The number of likely N-dealkylation sites (tertiary alicyclic amines) is 1. The molecule has 0 bridgehead atoms. The summed E-state index contributed by atoms with van der Waals surface area (Å²) in [5.74, 6) is 1.23. The van der Waals surface area contributed by atoms with E-state index in [2.05, 4.69) is 18.7 Å². The van der Waals surface area contributed by atoms with E-state index in [-0.39, 0.29) is 0 Å². The van der Waals surface area contributed by atoms with Crippen LogP contribution in [0.5, 0.6) is 0 Å². The van der Waals surface area contributed by atoms with E-state index in [9.17, 15) is 5.11 Å². The van der Waals surface area contributed by atoms with Gasteiger partial charge in [-0.2, -0.15) is 0 Å². The fraction of sp³-hybridized carbons (Fsp3) is 1.00. The van der Waals surface area contributed by atoms with E-state index in [1.54, 1.807) is 0 Å². The Kier molecular flexibility index (Phi) is 5.22. The summed E-state index contributed by atoms with van der Waals surface area (Å²) in [7, 11) is 0. The molecule has 0 saturated carbocycles. The Bertz CT molecular complexity index is 204. The van der Waals surface area contributed by atoms with E-state index in [4.69, 9.17) is 5.73 Å². The van der Waals surface area contributed by atoms with Crippen molar-refractivity contribution in [1.29, 1.82) is 0 Å². The van der Waals surface area contributed by atoms with Gasteiger partial charge in [0.15, 0.2) is 0 Å². The van der Waals surface area contributed by atoms with Crippen molar-refractivity contribution in [2.45, 2.75) is 45.6 Å². The van der Waals surface area contributed by atoms with Gasteiger partial charge in [0.25, 0.3) is 0 Å². The van der Waals surface area contributed by atoms with Gasteiger partial charge >= 0.3 is 0 Å². The first kappa shape index (κ1) is 13.9. The summed E-state index contributed by atoms with van der Waals surface area (Å²) in [5, 5.41) is 10.0. The Morgan fingerprint density at radius 1 is 1.31 bits per heavy atom. The lowest BCUT2D eigenvalue weighted by molar-refractivity contribution is 0.0439. The van der Waals surface area contributed by atoms with Crippen molar-refractivity contribution >= 4 is 0 Å². The lowest BCUT2D eigenvalue weighted by Crippen LogP contribution is -2.36. The first-order valence-corrected chi connectivity index (χ1v) is 6.59. The van der Waals surface area contributed by atoms with E-state index in [0.29, 0.717) is 11.8 Å². The molecule has 16 heavy (non-hydrogen) atoms. The highest BCUT2D eigenvalue weighted by molar-refractivity contribution is 4.80. The van der Waals surface area contributed by atoms with Gasteiger partial charge in [0.05, 0.1) is 5.60 Å². The highest BCUT2D eigenvalue weighted by Gasteiger charge is 2.26. The second-order valence-corrected chi connectivity index (χ2v) is 5.89. The van der Waals surface area contributed by atoms with Gasteiger partial charge in [-0.15, -0.1) is 0 Å². The maximum Gasteiger partial charge on any atom is 0.0632 e. The largest absolute Gasteiger partial charge is 0.390 e. The lowest BCUT2D eigenvalue weighted by Gasteiger charge is -2.28. The molecule has 3 N–H and O–H groups in total. The van der Waals surface area contributed by atoms with E-state index < -0.39 is 5.60 Å². The molecule has 0 spiro atoms. The van der Waals surface area contributed by atoms with Crippen molar-refractivity contribution in [1.82, 2.24) is 4.90 Å². The van der Waals surface area contributed by atoms with Crippen molar-refractivity contribution in [2.24, 2.45) is 17.6 Å². The minimum atomic E-state index is -0.454. The second-order valence-electron chi connectivity index (χ2n) is 5.89. The summed E-state index contributed by atoms with van der Waals surface area (Å²) in [4.78, 5) is 2.47. The molecule has 1 aliphatic rings. The van der Waals surface area contributed by atoms with Crippen molar-refractivity contribution in [3.05, 3.63) is 0 Å². The van der Waals surface area contributed by atoms with Crippen molar-refractivity contribution in [3.8, 4) is 0 Å². The van der Waals surface area contributed by atoms with E-state index in [1.165, 1.54) is 0 Å². The van der Waals surface area contributed by atoms with Crippen molar-refractivity contribution < 1.29 is 5.11 Å². The van der Waals surface area contributed by atoms with E-state index in [1.807, 2.05) is 6.92 Å². The second kappa shape index (κ2) is 5.99. The van der Waals surface area contributed by atoms with Crippen molar-refractivity contribution in [2.75, 3.05) is 26.2 Å². The molecule has 2 atom stereocenters. The quantitative estimate of drug-likeness (QED) is 0.766. The van der Waals surface area contributed by atoms with Crippen LogP contribution in [0.3, 0.4) is 0 Å². The SMILES string of the molecule is CC(C)C(CN)CN1CCCC(C)(O)CC1. The molecule has 0 aromatic rings. The van der Waals surface area contributed by atoms with Crippen LogP contribution in [0.25, 0.3) is 0 Å². The predicted molar refractivity (Wildman–Crippen MR) is 68.3 cm³/mol. The fourth-order valence-corrected chi connectivity index (χ4v) is 2.39. The maximum absolute atomic E-state index is 10.0. The molecule has 0 aromatic heterocycles. The lowest BCUT2D eigenvalue weighted by atomic mass is 9.95. The zero-order chi connectivity index (χ0) is 12.2. The number of rotatable bonds is 4. The number of nitrogens with zero attached hydrogens (tertiary/aromatic N) is 1. The standard InChI is InChI=1S/C13H28N2O/c1-11(2)12(9-14)10-15-7-4-5-13(3,16)6-8-15/h11-12,16H,4-10,14H2,1-3H3. The minimum Gasteiger partial charge on any atom is -0.390 e. The van der Waals surface area contributed by atoms with Crippen LogP contribution in [0.4, 0.5) is 0 Å². The molecular weight excluding hydrogens is 200 g/mol. The molecule has 96 valence electrons. The highest BCUT2D eigenvalue weighted by atomic mass is 16.3. The Labute approximate surface area is 100 Å². The molecular formula is C13H28N2O. The first-order chi connectivity index (χ1) is 7.44. The van der Waals surface area contributed by atoms with Crippen LogP contribution < -0.4 is 5.73 Å². The third kappa shape index (κ3) is 4.40. The van der Waals surface area contributed by atoms with Gasteiger partial charge in [0.1, 0.15) is 0 Å². The Balaban J connectivity index is 2.43. The van der Waals surface area contributed by atoms with Crippen LogP contribution in [-0.2, 0) is 0 Å². The van der Waals surface area contributed by atoms with Crippen LogP contribution in [0.2, 0.25) is 0 Å². The summed E-state index contributed by atoms with van der Waals surface area (Å²) in [6, 6.07) is 0. The molecule has 3 heteroatoms. The summed E-state index contributed by atoms with van der Waals surface area (Å²) in [6.07, 6.45) is 2.92. The molecule has 0 radical (unpaired) electrons. The van der Waals surface area contributed by atoms with Crippen LogP contribution in [-0.4, -0.2) is 41.8 Å². The molecule has 0 aromatic carbocycles. The average molecular weight is 228 g/mol. The van der Waals surface area contributed by atoms with Gasteiger partial charge < -0.3 is 15.7 Å². The zero-order valence-electron chi connectivity index (χ0n) is 11.1. The van der Waals surface area contributed by atoms with Crippen molar-refractivity contribution in [3.63, 3.8) is 0 Å². The Morgan fingerprint density at radius 2 is 2.00 bits per heavy atom. The normalized spacial score (nSPS) is 30.4. The van der Waals surface area contributed by atoms with Crippen LogP contribution >= 0.6 is 0 Å². The van der Waals surface area contributed by atoms with E-state index in [0.717, 1.165) is 45.4 Å². The third-order valence-corrected chi connectivity index (χ3v) is 3.89. The number of hydrogen-bond acceptors (Lipinski definition) is 3. The third-order valence-electron chi connectivity index (χ3n) is 3.89. The topological polar surface area (TPSA) is 49.5 Å². The Morgan fingerprint density at radius 3 is 2.56 bits per heavy atom. The smallest absolute Gasteiger partial charge is 0.0632 e. The molecule has 0 aliphatic carbocycles. The zero-order valence-corrected chi connectivity index (χ0v) is 11.1. The predicted octanol–water partition coefficient (Wildman–Crippen LogP) is 1.45. The van der Waals surface area contributed by atoms with Crippen LogP contribution in [0.15, 0.2) is 0 Å². The molecule has 3 nitrogen and oxygen atoms in total. The summed E-state index contributed by atoms with van der Waals surface area (Å²) >= 11 is 0. The molecule has 0 amide bonds. The van der Waals surface area contributed by atoms with Gasteiger partial charge in [-0.1, -0.05) is 13.8 Å². The fourth-order valence-electron chi connectivity index (χ4n) is 2.39.